The standard InChI is InChI=1S/C33H45F3N4O15S/c34-33(35,36)56(52,53)55-19-32(16-41,17-42)18-54-15-26(43)38-25(14-20-8-9-21-5-1-2-6-22(21)13-20)28(46)37-12-4-3-7-23(29(47)48)39-31(51)40-24(30(49)50)10-11-27(44)45/h1,5,8-9,13,23-25,41-42H,2-4,6-7,10-12,14-19H2,(H,37,46)(H,38,43)(H,44,45)(H,47,48)(H,49,50)(H2,39,40,51). The molecule has 1 aromatic carbocycles. The highest BCUT2D eigenvalue weighted by Crippen LogP contribution is 2.27. The molecule has 0 spiro atoms. The molecule has 0 heterocycles. The zero-order valence-corrected chi connectivity index (χ0v) is 30.7. The topological polar surface area (TPSA) is 304 Å². The summed E-state index contributed by atoms with van der Waals surface area (Å²) in [5.41, 5.74) is -5.17. The molecule has 3 unspecified atom stereocenters. The summed E-state index contributed by atoms with van der Waals surface area (Å²) in [6.07, 6.45) is 4.62. The summed E-state index contributed by atoms with van der Waals surface area (Å²) in [5.74, 6) is -5.83. The first-order valence-corrected chi connectivity index (χ1v) is 18.5. The van der Waals surface area contributed by atoms with Gasteiger partial charge in [0.05, 0.1) is 31.8 Å². The van der Waals surface area contributed by atoms with Gasteiger partial charge in [-0.2, -0.15) is 21.6 Å². The van der Waals surface area contributed by atoms with Crippen molar-refractivity contribution >= 4 is 51.9 Å². The minimum absolute atomic E-state index is 0.0150. The Morgan fingerprint density at radius 2 is 1.50 bits per heavy atom. The van der Waals surface area contributed by atoms with Gasteiger partial charge >= 0.3 is 39.6 Å². The van der Waals surface area contributed by atoms with Crippen molar-refractivity contribution in [2.24, 2.45) is 5.41 Å². The highest BCUT2D eigenvalue weighted by molar-refractivity contribution is 7.87. The van der Waals surface area contributed by atoms with E-state index in [-0.39, 0.29) is 32.2 Å². The quantitative estimate of drug-likeness (QED) is 0.0353. The number of aryl methyl sites for hydroxylation is 1. The normalized spacial score (nSPS) is 14.4. The maximum atomic E-state index is 13.3. The van der Waals surface area contributed by atoms with Crippen LogP contribution in [-0.2, 0) is 55.9 Å². The number of aliphatic carboxylic acids is 3. The molecule has 0 aromatic heterocycles. The van der Waals surface area contributed by atoms with E-state index in [9.17, 15) is 70.8 Å². The predicted molar refractivity (Wildman–Crippen MR) is 186 cm³/mol. The molecule has 56 heavy (non-hydrogen) atoms. The Bertz CT molecular complexity index is 1690. The monoisotopic (exact) mass is 826 g/mol. The molecule has 0 saturated carbocycles. The van der Waals surface area contributed by atoms with E-state index in [1.54, 1.807) is 6.07 Å². The molecular formula is C33H45F3N4O15S. The lowest BCUT2D eigenvalue weighted by Crippen LogP contribution is -2.51. The van der Waals surface area contributed by atoms with Crippen LogP contribution in [-0.4, -0.2) is 133 Å². The molecule has 9 N–H and O–H groups in total. The molecule has 23 heteroatoms. The molecule has 0 aliphatic heterocycles. The Kier molecular flexibility index (Phi) is 18.6. The number of halogens is 3. The van der Waals surface area contributed by atoms with Crippen LogP contribution in [0.2, 0.25) is 0 Å². The van der Waals surface area contributed by atoms with E-state index in [1.807, 2.05) is 29.6 Å². The van der Waals surface area contributed by atoms with Gasteiger partial charge in [0, 0.05) is 19.4 Å². The number of carbonyl (C=O) groups is 6. The molecule has 0 radical (unpaired) electrons. The zero-order chi connectivity index (χ0) is 42.1. The number of carboxylic acid groups (broad SMARTS) is 3. The maximum absolute atomic E-state index is 13.3. The maximum Gasteiger partial charge on any atom is 0.523 e. The molecule has 3 atom stereocenters. The number of rotatable bonds is 25. The first-order chi connectivity index (χ1) is 26.2. The van der Waals surface area contributed by atoms with Crippen LogP contribution in [0, 0.1) is 5.41 Å². The van der Waals surface area contributed by atoms with Gasteiger partial charge in [-0.1, -0.05) is 30.4 Å². The molecule has 0 bridgehead atoms. The predicted octanol–water partition coefficient (Wildman–Crippen LogP) is -0.116. The van der Waals surface area contributed by atoms with Gasteiger partial charge in [-0.25, -0.2) is 14.4 Å². The van der Waals surface area contributed by atoms with Crippen LogP contribution in [0.3, 0.4) is 0 Å². The van der Waals surface area contributed by atoms with Crippen molar-refractivity contribution in [2.75, 3.05) is 39.6 Å². The number of allylic oxidation sites excluding steroid dienone is 1. The van der Waals surface area contributed by atoms with Gasteiger partial charge in [-0.15, -0.1) is 0 Å². The summed E-state index contributed by atoms with van der Waals surface area (Å²) >= 11 is 0. The average molecular weight is 827 g/mol. The Labute approximate surface area is 318 Å². The summed E-state index contributed by atoms with van der Waals surface area (Å²) in [6.45, 7) is -5.20. The number of ether oxygens (including phenoxy) is 1. The lowest BCUT2D eigenvalue weighted by atomic mass is 9.93. The van der Waals surface area contributed by atoms with E-state index >= 15 is 0 Å². The molecule has 314 valence electrons. The molecule has 4 amide bonds. The van der Waals surface area contributed by atoms with E-state index in [4.69, 9.17) is 9.84 Å². The fourth-order valence-electron chi connectivity index (χ4n) is 5.15. The highest BCUT2D eigenvalue weighted by Gasteiger charge is 2.48. The van der Waals surface area contributed by atoms with Gasteiger partial charge < -0.3 is 51.5 Å². The first-order valence-electron chi connectivity index (χ1n) is 17.1. The van der Waals surface area contributed by atoms with E-state index in [2.05, 4.69) is 20.1 Å². The third-order valence-electron chi connectivity index (χ3n) is 8.37. The summed E-state index contributed by atoms with van der Waals surface area (Å²) in [5, 5.41) is 56.0. The van der Waals surface area contributed by atoms with Gasteiger partial charge in [0.25, 0.3) is 0 Å². The van der Waals surface area contributed by atoms with Gasteiger partial charge in [-0.3, -0.25) is 18.6 Å². The van der Waals surface area contributed by atoms with Crippen molar-refractivity contribution in [1.82, 2.24) is 21.3 Å². The second-order valence-corrected chi connectivity index (χ2v) is 14.5. The lowest BCUT2D eigenvalue weighted by molar-refractivity contribution is -0.141. The molecule has 1 aromatic rings. The van der Waals surface area contributed by atoms with Crippen LogP contribution in [0.1, 0.15) is 55.2 Å². The van der Waals surface area contributed by atoms with Crippen LogP contribution in [0.5, 0.6) is 0 Å². The van der Waals surface area contributed by atoms with Crippen molar-refractivity contribution in [3.05, 3.63) is 41.0 Å². The van der Waals surface area contributed by atoms with Crippen LogP contribution in [0.25, 0.3) is 6.08 Å². The van der Waals surface area contributed by atoms with Crippen LogP contribution >= 0.6 is 0 Å². The SMILES string of the molecule is O=C(O)CCC(NC(=O)NC(CCCCNC(=O)C(Cc1ccc2c(c1)CCC=C2)NC(=O)COCC(CO)(CO)COS(=O)(=O)C(F)(F)F)C(=O)O)C(=O)O. The average Bonchev–Trinajstić information content (AvgIpc) is 3.13. The Hall–Kier alpha value is -4.84. The second kappa shape index (κ2) is 22.0. The molecule has 1 aliphatic rings. The van der Waals surface area contributed by atoms with Gasteiger partial charge in [0.1, 0.15) is 24.7 Å². The molecule has 1 aliphatic carbocycles. The van der Waals surface area contributed by atoms with Crippen LogP contribution in [0.4, 0.5) is 18.0 Å². The van der Waals surface area contributed by atoms with E-state index in [1.165, 1.54) is 0 Å². The number of amides is 4. The Morgan fingerprint density at radius 1 is 0.857 bits per heavy atom. The summed E-state index contributed by atoms with van der Waals surface area (Å²) in [6, 6.07) is 0.0411. The van der Waals surface area contributed by atoms with Crippen molar-refractivity contribution in [3.63, 3.8) is 0 Å². The highest BCUT2D eigenvalue weighted by atomic mass is 32.2. The number of carboxylic acids is 3. The van der Waals surface area contributed by atoms with E-state index < -0.39 is 121 Å². The van der Waals surface area contributed by atoms with Gasteiger partial charge in [-0.05, 0) is 55.2 Å². The summed E-state index contributed by atoms with van der Waals surface area (Å²) in [4.78, 5) is 72.2. The number of hydrogen-bond donors (Lipinski definition) is 9. The van der Waals surface area contributed by atoms with Crippen molar-refractivity contribution < 1.29 is 84.8 Å². The van der Waals surface area contributed by atoms with Crippen molar-refractivity contribution in [2.45, 2.75) is 75.0 Å². The first kappa shape index (κ1) is 47.3. The Morgan fingerprint density at radius 3 is 2.09 bits per heavy atom. The number of benzene rings is 1. The van der Waals surface area contributed by atoms with Crippen LogP contribution < -0.4 is 21.3 Å². The number of hydrogen-bond acceptors (Lipinski definition) is 12. The van der Waals surface area contributed by atoms with Crippen LogP contribution in [0.15, 0.2) is 24.3 Å². The zero-order valence-electron chi connectivity index (χ0n) is 29.9. The molecule has 2 rings (SSSR count). The number of aliphatic hydroxyl groups excluding tert-OH is 2. The molecular weight excluding hydrogens is 781 g/mol. The van der Waals surface area contributed by atoms with Gasteiger partial charge in [0.2, 0.25) is 11.8 Å². The lowest BCUT2D eigenvalue weighted by Gasteiger charge is -2.29. The molecule has 0 saturated heterocycles. The smallest absolute Gasteiger partial charge is 0.481 e. The third-order valence-corrected chi connectivity index (χ3v) is 9.36. The Balaban J connectivity index is 2.02. The molecule has 0 fully saturated rings. The number of urea groups is 1. The van der Waals surface area contributed by atoms with Crippen molar-refractivity contribution in [1.29, 1.82) is 0 Å². The number of carbonyl (C=O) groups excluding carboxylic acids is 3. The minimum Gasteiger partial charge on any atom is -0.481 e. The summed E-state index contributed by atoms with van der Waals surface area (Å²) < 4.78 is 69.8. The number of nitrogens with one attached hydrogen (secondary N) is 4. The van der Waals surface area contributed by atoms with E-state index in [0.29, 0.717) is 5.56 Å². The second-order valence-electron chi connectivity index (χ2n) is 12.9. The van der Waals surface area contributed by atoms with Crippen molar-refractivity contribution in [3.8, 4) is 0 Å². The van der Waals surface area contributed by atoms with Gasteiger partial charge in [0.15, 0.2) is 0 Å². The largest absolute Gasteiger partial charge is 0.523 e. The third kappa shape index (κ3) is 15.7. The number of fused-ring (bicyclic) bond motifs is 1. The fraction of sp³-hybridized carbons (Fsp3) is 0.576. The number of aliphatic hydroxyl groups is 2. The number of unbranched alkanes of at least 4 members (excludes halogenated alkanes) is 1. The fourth-order valence-corrected chi connectivity index (χ4v) is 5.69. The number of alkyl halides is 3. The molecule has 19 nitrogen and oxygen atoms in total. The summed E-state index contributed by atoms with van der Waals surface area (Å²) in [7, 11) is -6.07. The van der Waals surface area contributed by atoms with E-state index in [0.717, 1.165) is 24.0 Å². The minimum atomic E-state index is -6.07.